The van der Waals surface area contributed by atoms with Crippen molar-refractivity contribution in [1.29, 1.82) is 0 Å². The first-order valence-electron chi connectivity index (χ1n) is 19.1. The second-order valence-corrected chi connectivity index (χ2v) is 15.9. The first kappa shape index (κ1) is 41.9. The standard InChI is InChI=1S/C44H45BrN2O11/c1-44(2,3)58-43(53)47-21-9-14-36(47)41(51)56-27-38(49)31-17-19-34(45)32(23-31)25-54-39-15-7-12-29-22-30(16-18-33(29)39)37(48)26-55-40(50)35-13-8-20-46(35)42(52)57-24-28-10-5-4-6-11-28/h4-7,10-12,15-19,22-23,35-36H,8-9,13-14,20-21,24-27H2,1-3H3/t35?,36-/m0/s1. The Morgan fingerprint density at radius 3 is 1.91 bits per heavy atom. The maximum atomic E-state index is 13.1. The van der Waals surface area contributed by atoms with Crippen LogP contribution in [0.2, 0.25) is 0 Å². The second-order valence-electron chi connectivity index (χ2n) is 15.1. The molecule has 2 fully saturated rings. The van der Waals surface area contributed by atoms with Crippen LogP contribution in [0.15, 0.2) is 89.4 Å². The fraction of sp³-hybridized carbons (Fsp3) is 0.364. The predicted molar refractivity (Wildman–Crippen MR) is 215 cm³/mol. The first-order chi connectivity index (χ1) is 27.8. The molecule has 4 aromatic rings. The lowest BCUT2D eigenvalue weighted by atomic mass is 10.0. The zero-order valence-corrected chi connectivity index (χ0v) is 34.2. The van der Waals surface area contributed by atoms with Crippen molar-refractivity contribution in [3.8, 4) is 5.75 Å². The number of esters is 2. The molecule has 0 aromatic heterocycles. The number of carbonyl (C=O) groups excluding carboxylic acids is 6. The number of rotatable bonds is 13. The van der Waals surface area contributed by atoms with Crippen molar-refractivity contribution >= 4 is 62.4 Å². The van der Waals surface area contributed by atoms with Gasteiger partial charge < -0.3 is 23.7 Å². The number of hydrogen-bond donors (Lipinski definition) is 0. The lowest BCUT2D eigenvalue weighted by molar-refractivity contribution is -0.148. The minimum atomic E-state index is -0.830. The summed E-state index contributed by atoms with van der Waals surface area (Å²) in [6.45, 7) is 5.15. The quantitative estimate of drug-likeness (QED) is 0.0734. The number of nitrogens with zero attached hydrogens (tertiary/aromatic N) is 2. The van der Waals surface area contributed by atoms with Crippen LogP contribution >= 0.6 is 15.9 Å². The lowest BCUT2D eigenvalue weighted by Crippen LogP contribution is -2.44. The van der Waals surface area contributed by atoms with Crippen molar-refractivity contribution < 1.29 is 52.5 Å². The molecule has 14 heteroatoms. The van der Waals surface area contributed by atoms with Gasteiger partial charge in [-0.1, -0.05) is 70.5 Å². The SMILES string of the molecule is CC(C)(C)OC(=O)N1CCC[C@H]1C(=O)OCC(=O)c1ccc(Br)c(COc2cccc3cc(C(=O)COC(=O)C4CCCN4C(=O)OCc4ccccc4)ccc23)c1. The topological polar surface area (TPSA) is 155 Å². The fourth-order valence-corrected chi connectivity index (χ4v) is 7.14. The van der Waals surface area contributed by atoms with E-state index >= 15 is 0 Å². The van der Waals surface area contributed by atoms with Crippen molar-refractivity contribution in [2.24, 2.45) is 0 Å². The van der Waals surface area contributed by atoms with Crippen LogP contribution in [-0.4, -0.2) is 89.5 Å². The average molecular weight is 858 g/mol. The molecule has 1 unspecified atom stereocenters. The minimum Gasteiger partial charge on any atom is -0.488 e. The zero-order chi connectivity index (χ0) is 41.4. The molecule has 2 atom stereocenters. The van der Waals surface area contributed by atoms with Gasteiger partial charge in [0.2, 0.25) is 0 Å². The summed E-state index contributed by atoms with van der Waals surface area (Å²) in [5.41, 5.74) is 1.43. The van der Waals surface area contributed by atoms with Crippen LogP contribution in [0.4, 0.5) is 9.59 Å². The summed E-state index contributed by atoms with van der Waals surface area (Å²) in [4.78, 5) is 80.2. The molecule has 0 bridgehead atoms. The number of amides is 2. The number of halogens is 1. The fourth-order valence-electron chi connectivity index (χ4n) is 6.78. The second kappa shape index (κ2) is 18.7. The molecule has 0 N–H and O–H groups in total. The van der Waals surface area contributed by atoms with Gasteiger partial charge in [0.25, 0.3) is 0 Å². The van der Waals surface area contributed by atoms with E-state index in [9.17, 15) is 28.8 Å². The highest BCUT2D eigenvalue weighted by Gasteiger charge is 2.38. The predicted octanol–water partition coefficient (Wildman–Crippen LogP) is 7.83. The summed E-state index contributed by atoms with van der Waals surface area (Å²) < 4.78 is 28.5. The van der Waals surface area contributed by atoms with Gasteiger partial charge in [-0.2, -0.15) is 0 Å². The van der Waals surface area contributed by atoms with Crippen molar-refractivity contribution in [2.75, 3.05) is 26.3 Å². The highest BCUT2D eigenvalue weighted by Crippen LogP contribution is 2.29. The maximum Gasteiger partial charge on any atom is 0.411 e. The number of ether oxygens (including phenoxy) is 5. The van der Waals surface area contributed by atoms with Gasteiger partial charge in [-0.15, -0.1) is 0 Å². The summed E-state index contributed by atoms with van der Waals surface area (Å²) in [6.07, 6.45) is 0.862. The number of Topliss-reactive ketones (excluding diaryl/α,β-unsaturated/α-hetero) is 2. The van der Waals surface area contributed by atoms with Crippen LogP contribution in [0.25, 0.3) is 10.8 Å². The Labute approximate surface area is 344 Å². The van der Waals surface area contributed by atoms with Crippen molar-refractivity contribution in [2.45, 2.75) is 77.4 Å². The monoisotopic (exact) mass is 856 g/mol. The van der Waals surface area contributed by atoms with E-state index in [4.69, 9.17) is 23.7 Å². The van der Waals surface area contributed by atoms with Gasteiger partial charge >= 0.3 is 24.1 Å². The maximum absolute atomic E-state index is 13.1. The van der Waals surface area contributed by atoms with E-state index in [1.54, 1.807) is 69.3 Å². The summed E-state index contributed by atoms with van der Waals surface area (Å²) in [5, 5.41) is 1.45. The third-order valence-corrected chi connectivity index (χ3v) is 10.5. The molecule has 2 heterocycles. The molecule has 0 spiro atoms. The van der Waals surface area contributed by atoms with E-state index in [0.29, 0.717) is 65.7 Å². The van der Waals surface area contributed by atoms with Gasteiger partial charge in [0.15, 0.2) is 24.8 Å². The smallest absolute Gasteiger partial charge is 0.411 e. The molecular weight excluding hydrogens is 812 g/mol. The summed E-state index contributed by atoms with van der Waals surface area (Å²) in [5.74, 6) is -1.61. The summed E-state index contributed by atoms with van der Waals surface area (Å²) in [6, 6.07) is 23.1. The highest BCUT2D eigenvalue weighted by atomic mass is 79.9. The molecule has 304 valence electrons. The number of fused-ring (bicyclic) bond motifs is 1. The highest BCUT2D eigenvalue weighted by molar-refractivity contribution is 9.10. The number of benzene rings is 4. The molecule has 4 aromatic carbocycles. The molecule has 2 saturated heterocycles. The van der Waals surface area contributed by atoms with Crippen LogP contribution in [0.3, 0.4) is 0 Å². The van der Waals surface area contributed by atoms with Gasteiger partial charge in [0.1, 0.15) is 36.6 Å². The van der Waals surface area contributed by atoms with Gasteiger partial charge in [-0.05, 0) is 87.7 Å². The molecule has 0 saturated carbocycles. The third-order valence-electron chi connectivity index (χ3n) is 9.72. The van der Waals surface area contributed by atoms with Gasteiger partial charge in [0, 0.05) is 39.6 Å². The molecule has 6 rings (SSSR count). The van der Waals surface area contributed by atoms with E-state index in [1.807, 2.05) is 36.4 Å². The van der Waals surface area contributed by atoms with Crippen molar-refractivity contribution in [3.05, 3.63) is 112 Å². The molecule has 2 aliphatic rings. The molecular formula is C44H45BrN2O11. The largest absolute Gasteiger partial charge is 0.488 e. The molecule has 0 aliphatic carbocycles. The Bertz CT molecular complexity index is 2190. The average Bonchev–Trinajstić information content (AvgIpc) is 3.92. The van der Waals surface area contributed by atoms with Gasteiger partial charge in [0.05, 0.1) is 0 Å². The summed E-state index contributed by atoms with van der Waals surface area (Å²) >= 11 is 3.52. The minimum absolute atomic E-state index is 0.0815. The van der Waals surface area contributed by atoms with E-state index in [-0.39, 0.29) is 13.2 Å². The van der Waals surface area contributed by atoms with E-state index in [2.05, 4.69) is 15.9 Å². The molecule has 13 nitrogen and oxygen atoms in total. The molecule has 58 heavy (non-hydrogen) atoms. The number of hydrogen-bond acceptors (Lipinski definition) is 11. The van der Waals surface area contributed by atoms with Crippen LogP contribution in [-0.2, 0) is 41.8 Å². The zero-order valence-electron chi connectivity index (χ0n) is 32.6. The van der Waals surface area contributed by atoms with E-state index in [1.165, 1.54) is 9.80 Å². The van der Waals surface area contributed by atoms with Gasteiger partial charge in [-0.3, -0.25) is 19.4 Å². The van der Waals surface area contributed by atoms with Gasteiger partial charge in [-0.25, -0.2) is 19.2 Å². The molecule has 2 aliphatic heterocycles. The third kappa shape index (κ3) is 10.6. The lowest BCUT2D eigenvalue weighted by Gasteiger charge is -2.27. The molecule has 0 radical (unpaired) electrons. The Morgan fingerprint density at radius 1 is 0.672 bits per heavy atom. The van der Waals surface area contributed by atoms with Crippen LogP contribution in [0.1, 0.15) is 78.3 Å². The Balaban J connectivity index is 1.01. The summed E-state index contributed by atoms with van der Waals surface area (Å²) in [7, 11) is 0. The number of likely N-dealkylation sites (tertiary alicyclic amines) is 2. The van der Waals surface area contributed by atoms with Crippen molar-refractivity contribution in [1.82, 2.24) is 9.80 Å². The van der Waals surface area contributed by atoms with Crippen LogP contribution in [0.5, 0.6) is 5.75 Å². The number of carbonyl (C=O) groups is 6. The van der Waals surface area contributed by atoms with E-state index in [0.717, 1.165) is 16.3 Å². The van der Waals surface area contributed by atoms with Crippen molar-refractivity contribution in [3.63, 3.8) is 0 Å². The Morgan fingerprint density at radius 2 is 1.28 bits per heavy atom. The van der Waals surface area contributed by atoms with E-state index < -0.39 is 66.6 Å². The normalized spacial score (nSPS) is 16.5. The first-order valence-corrected chi connectivity index (χ1v) is 19.9. The Kier molecular flexibility index (Phi) is 13.5. The Hall–Kier alpha value is -5.76. The molecule has 2 amide bonds. The number of ketones is 2. The van der Waals surface area contributed by atoms with Crippen LogP contribution < -0.4 is 4.74 Å². The van der Waals surface area contributed by atoms with Crippen LogP contribution in [0, 0.1) is 0 Å².